The molecule has 2 aromatic carbocycles. The Kier molecular flexibility index (Phi) is 6.57. The van der Waals surface area contributed by atoms with E-state index in [-0.39, 0.29) is 18.9 Å². The number of carbonyl (C=O) groups excluding carboxylic acids is 2. The van der Waals surface area contributed by atoms with E-state index < -0.39 is 5.97 Å². The predicted octanol–water partition coefficient (Wildman–Crippen LogP) is 2.75. The summed E-state index contributed by atoms with van der Waals surface area (Å²) < 4.78 is 9.92. The van der Waals surface area contributed by atoms with Gasteiger partial charge in [-0.2, -0.15) is 0 Å². The van der Waals surface area contributed by atoms with Crippen molar-refractivity contribution in [1.82, 2.24) is 4.90 Å². The van der Waals surface area contributed by atoms with Crippen molar-refractivity contribution in [2.24, 2.45) is 0 Å². The minimum atomic E-state index is -0.437. The molecule has 0 saturated carbocycles. The molecule has 132 valence electrons. The second kappa shape index (κ2) is 8.87. The van der Waals surface area contributed by atoms with Gasteiger partial charge in [0.2, 0.25) is 5.91 Å². The topological polar surface area (TPSA) is 55.8 Å². The third-order valence-electron chi connectivity index (χ3n) is 4.01. The molecular weight excluding hydrogens is 318 g/mol. The fourth-order valence-electron chi connectivity index (χ4n) is 2.51. The summed E-state index contributed by atoms with van der Waals surface area (Å²) in [5.41, 5.74) is 2.92. The lowest BCUT2D eigenvalue weighted by Gasteiger charge is -2.22. The van der Waals surface area contributed by atoms with Crippen molar-refractivity contribution < 1.29 is 19.1 Å². The number of carbonyl (C=O) groups is 2. The van der Waals surface area contributed by atoms with Gasteiger partial charge in [-0.3, -0.25) is 9.59 Å². The number of aryl methyl sites for hydroxylation is 1. The molecule has 0 bridgehead atoms. The van der Waals surface area contributed by atoms with Gasteiger partial charge in [-0.05, 0) is 35.7 Å². The summed E-state index contributed by atoms with van der Waals surface area (Å²) in [6.07, 6.45) is 0.195. The van der Waals surface area contributed by atoms with E-state index in [4.69, 9.17) is 9.47 Å². The van der Waals surface area contributed by atoms with E-state index in [2.05, 4.69) is 0 Å². The van der Waals surface area contributed by atoms with Crippen molar-refractivity contribution in [2.45, 2.75) is 19.9 Å². The third-order valence-corrected chi connectivity index (χ3v) is 4.01. The maximum absolute atomic E-state index is 12.8. The zero-order valence-corrected chi connectivity index (χ0v) is 14.8. The zero-order chi connectivity index (χ0) is 18.2. The van der Waals surface area contributed by atoms with Gasteiger partial charge in [0.25, 0.3) is 0 Å². The molecule has 5 nitrogen and oxygen atoms in total. The summed E-state index contributed by atoms with van der Waals surface area (Å²) in [4.78, 5) is 26.0. The predicted molar refractivity (Wildman–Crippen MR) is 95.3 cm³/mol. The number of esters is 1. The fourth-order valence-corrected chi connectivity index (χ4v) is 2.51. The van der Waals surface area contributed by atoms with E-state index in [1.165, 1.54) is 12.0 Å². The number of benzene rings is 2. The summed E-state index contributed by atoms with van der Waals surface area (Å²) in [5, 5.41) is 0. The number of rotatable bonds is 7. The van der Waals surface area contributed by atoms with Crippen molar-refractivity contribution >= 4 is 11.9 Å². The standard InChI is InChI=1S/C20H23NO4/c1-15-7-4-5-9-17(15)13-21(14-20(23)25-3)19(22)12-16-8-6-10-18(11-16)24-2/h4-11H,12-14H2,1-3H3. The lowest BCUT2D eigenvalue weighted by atomic mass is 10.1. The van der Waals surface area contributed by atoms with Crippen LogP contribution in [0.5, 0.6) is 5.75 Å². The molecule has 0 fully saturated rings. The fraction of sp³-hybridized carbons (Fsp3) is 0.300. The van der Waals surface area contributed by atoms with Crippen LogP contribution in [0.2, 0.25) is 0 Å². The molecule has 0 spiro atoms. The minimum Gasteiger partial charge on any atom is -0.497 e. The molecule has 5 heteroatoms. The Hall–Kier alpha value is -2.82. The van der Waals surface area contributed by atoms with E-state index in [1.54, 1.807) is 7.11 Å². The SMILES string of the molecule is COC(=O)CN(Cc1ccccc1C)C(=O)Cc1cccc(OC)c1. The number of methoxy groups -OCH3 is 2. The maximum atomic E-state index is 12.8. The number of ether oxygens (including phenoxy) is 2. The van der Waals surface area contributed by atoms with Gasteiger partial charge in [-0.15, -0.1) is 0 Å². The van der Waals surface area contributed by atoms with Crippen molar-refractivity contribution in [2.75, 3.05) is 20.8 Å². The molecule has 0 atom stereocenters. The Morgan fingerprint density at radius 3 is 2.48 bits per heavy atom. The zero-order valence-electron chi connectivity index (χ0n) is 14.8. The minimum absolute atomic E-state index is 0.0758. The molecule has 0 aliphatic heterocycles. The summed E-state index contributed by atoms with van der Waals surface area (Å²) in [7, 11) is 2.91. The largest absolute Gasteiger partial charge is 0.497 e. The number of hydrogen-bond acceptors (Lipinski definition) is 4. The molecule has 0 heterocycles. The van der Waals surface area contributed by atoms with E-state index in [0.29, 0.717) is 12.3 Å². The average Bonchev–Trinajstić information content (AvgIpc) is 2.62. The van der Waals surface area contributed by atoms with Gasteiger partial charge in [0.15, 0.2) is 0 Å². The maximum Gasteiger partial charge on any atom is 0.325 e. The first-order chi connectivity index (χ1) is 12.0. The normalized spacial score (nSPS) is 10.2. The van der Waals surface area contributed by atoms with Crippen molar-refractivity contribution in [3.63, 3.8) is 0 Å². The molecule has 0 aliphatic carbocycles. The summed E-state index contributed by atoms with van der Waals surface area (Å²) in [6.45, 7) is 2.27. The molecule has 25 heavy (non-hydrogen) atoms. The highest BCUT2D eigenvalue weighted by Crippen LogP contribution is 2.16. The lowest BCUT2D eigenvalue weighted by Crippen LogP contribution is -2.36. The van der Waals surface area contributed by atoms with Crippen molar-refractivity contribution in [3.8, 4) is 5.75 Å². The highest BCUT2D eigenvalue weighted by atomic mass is 16.5. The van der Waals surface area contributed by atoms with Crippen LogP contribution in [0.1, 0.15) is 16.7 Å². The van der Waals surface area contributed by atoms with Gasteiger partial charge in [0.1, 0.15) is 12.3 Å². The number of nitrogens with zero attached hydrogens (tertiary/aromatic N) is 1. The molecule has 0 saturated heterocycles. The monoisotopic (exact) mass is 341 g/mol. The Morgan fingerprint density at radius 1 is 1.04 bits per heavy atom. The highest BCUT2D eigenvalue weighted by Gasteiger charge is 2.19. The third kappa shape index (κ3) is 5.35. The van der Waals surface area contributed by atoms with Gasteiger partial charge in [0.05, 0.1) is 20.6 Å². The Balaban J connectivity index is 2.17. The molecule has 0 unspecified atom stereocenters. The van der Waals surface area contributed by atoms with Gasteiger partial charge in [0, 0.05) is 6.54 Å². The van der Waals surface area contributed by atoms with Gasteiger partial charge >= 0.3 is 5.97 Å². The van der Waals surface area contributed by atoms with Crippen LogP contribution in [0.15, 0.2) is 48.5 Å². The smallest absolute Gasteiger partial charge is 0.325 e. The lowest BCUT2D eigenvalue weighted by molar-refractivity contribution is -0.147. The number of amides is 1. The Labute approximate surface area is 148 Å². The van der Waals surface area contributed by atoms with Crippen LogP contribution >= 0.6 is 0 Å². The molecule has 0 aromatic heterocycles. The second-order valence-electron chi connectivity index (χ2n) is 5.78. The van der Waals surface area contributed by atoms with E-state index in [9.17, 15) is 9.59 Å². The van der Waals surface area contributed by atoms with Gasteiger partial charge in [-0.1, -0.05) is 36.4 Å². The molecule has 0 radical (unpaired) electrons. The van der Waals surface area contributed by atoms with Crippen LogP contribution < -0.4 is 4.74 Å². The first-order valence-electron chi connectivity index (χ1n) is 8.05. The average molecular weight is 341 g/mol. The van der Waals surface area contributed by atoms with Crippen LogP contribution in [-0.2, 0) is 27.3 Å². The summed E-state index contributed by atoms with van der Waals surface area (Å²) in [6, 6.07) is 15.2. The summed E-state index contributed by atoms with van der Waals surface area (Å²) in [5.74, 6) is 0.123. The Morgan fingerprint density at radius 2 is 1.80 bits per heavy atom. The summed E-state index contributed by atoms with van der Waals surface area (Å²) >= 11 is 0. The van der Waals surface area contributed by atoms with Crippen molar-refractivity contribution in [1.29, 1.82) is 0 Å². The van der Waals surface area contributed by atoms with Crippen molar-refractivity contribution in [3.05, 3.63) is 65.2 Å². The molecule has 0 aliphatic rings. The number of hydrogen-bond donors (Lipinski definition) is 0. The van der Waals surface area contributed by atoms with Crippen LogP contribution in [0.4, 0.5) is 0 Å². The van der Waals surface area contributed by atoms with Crippen LogP contribution in [-0.4, -0.2) is 37.5 Å². The van der Waals surface area contributed by atoms with Crippen LogP contribution in [0.25, 0.3) is 0 Å². The van der Waals surface area contributed by atoms with E-state index in [0.717, 1.165) is 16.7 Å². The molecule has 2 aromatic rings. The van der Waals surface area contributed by atoms with Gasteiger partial charge < -0.3 is 14.4 Å². The molecular formula is C20H23NO4. The quantitative estimate of drug-likeness (QED) is 0.727. The van der Waals surface area contributed by atoms with E-state index >= 15 is 0 Å². The van der Waals surface area contributed by atoms with E-state index in [1.807, 2.05) is 55.5 Å². The molecule has 0 N–H and O–H groups in total. The van der Waals surface area contributed by atoms with Gasteiger partial charge in [-0.25, -0.2) is 0 Å². The first-order valence-corrected chi connectivity index (χ1v) is 8.05. The molecule has 1 amide bonds. The Bertz CT molecular complexity index is 742. The first kappa shape index (κ1) is 18.5. The highest BCUT2D eigenvalue weighted by molar-refractivity contribution is 5.83. The molecule has 2 rings (SSSR count). The second-order valence-corrected chi connectivity index (χ2v) is 5.78. The van der Waals surface area contributed by atoms with Crippen LogP contribution in [0.3, 0.4) is 0 Å². The van der Waals surface area contributed by atoms with Crippen LogP contribution in [0, 0.1) is 6.92 Å².